The van der Waals surface area contributed by atoms with Crippen molar-refractivity contribution in [3.05, 3.63) is 11.9 Å². The first kappa shape index (κ1) is 16.1. The maximum atomic E-state index is 12.5. The van der Waals surface area contributed by atoms with Gasteiger partial charge in [0, 0.05) is 20.0 Å². The second-order valence-corrected chi connectivity index (χ2v) is 5.88. The molecule has 120 valence electrons. The van der Waals surface area contributed by atoms with Gasteiger partial charge in [0.2, 0.25) is 11.8 Å². The Morgan fingerprint density at radius 2 is 2.18 bits per heavy atom. The molecule has 1 aromatic heterocycles. The van der Waals surface area contributed by atoms with Crippen molar-refractivity contribution >= 4 is 17.6 Å². The number of nitrogens with one attached hydrogen (secondary N) is 1. The molecule has 0 spiro atoms. The molecule has 0 radical (unpaired) electrons. The summed E-state index contributed by atoms with van der Waals surface area (Å²) >= 11 is 0. The Morgan fingerprint density at radius 1 is 1.45 bits per heavy atom. The second-order valence-electron chi connectivity index (χ2n) is 5.88. The fourth-order valence-electron chi connectivity index (χ4n) is 2.46. The van der Waals surface area contributed by atoms with Crippen LogP contribution >= 0.6 is 0 Å². The van der Waals surface area contributed by atoms with Gasteiger partial charge in [-0.3, -0.25) is 14.4 Å². The van der Waals surface area contributed by atoms with Crippen LogP contribution in [0.25, 0.3) is 0 Å². The maximum absolute atomic E-state index is 12.5. The Kier molecular flexibility index (Phi) is 4.89. The molecular formula is C14H21N5O3. The molecule has 0 aromatic carbocycles. The number of Topliss-reactive ketones (excluding diaryl/α,β-unsaturated/α-hetero) is 1. The zero-order valence-corrected chi connectivity index (χ0v) is 13.1. The highest BCUT2D eigenvalue weighted by Crippen LogP contribution is 2.15. The van der Waals surface area contributed by atoms with E-state index in [9.17, 15) is 14.4 Å². The monoisotopic (exact) mass is 307 g/mol. The van der Waals surface area contributed by atoms with Crippen molar-refractivity contribution in [1.82, 2.24) is 25.2 Å². The quantitative estimate of drug-likeness (QED) is 0.763. The van der Waals surface area contributed by atoms with E-state index >= 15 is 0 Å². The highest BCUT2D eigenvalue weighted by Gasteiger charge is 2.33. The van der Waals surface area contributed by atoms with Gasteiger partial charge in [-0.25, -0.2) is 4.68 Å². The lowest BCUT2D eigenvalue weighted by molar-refractivity contribution is -0.144. The summed E-state index contributed by atoms with van der Waals surface area (Å²) in [6.45, 7) is 6.33. The molecule has 1 fully saturated rings. The lowest BCUT2D eigenvalue weighted by Crippen LogP contribution is -2.58. The van der Waals surface area contributed by atoms with E-state index in [0.29, 0.717) is 25.4 Å². The van der Waals surface area contributed by atoms with Crippen LogP contribution in [0.3, 0.4) is 0 Å². The van der Waals surface area contributed by atoms with Crippen LogP contribution in [0.2, 0.25) is 0 Å². The third-order valence-electron chi connectivity index (χ3n) is 3.54. The van der Waals surface area contributed by atoms with Crippen molar-refractivity contribution < 1.29 is 14.4 Å². The molecule has 0 aliphatic carbocycles. The summed E-state index contributed by atoms with van der Waals surface area (Å²) in [5.74, 6) is -0.203. The van der Waals surface area contributed by atoms with E-state index < -0.39 is 6.04 Å². The van der Waals surface area contributed by atoms with E-state index in [1.54, 1.807) is 4.90 Å². The van der Waals surface area contributed by atoms with Crippen LogP contribution in [-0.2, 0) is 16.1 Å². The van der Waals surface area contributed by atoms with Crippen LogP contribution < -0.4 is 5.32 Å². The van der Waals surface area contributed by atoms with Crippen LogP contribution in [0.1, 0.15) is 37.7 Å². The fourth-order valence-corrected chi connectivity index (χ4v) is 2.46. The van der Waals surface area contributed by atoms with Gasteiger partial charge in [0.05, 0.1) is 6.20 Å². The minimum Gasteiger partial charge on any atom is -0.353 e. The molecule has 8 heteroatoms. The van der Waals surface area contributed by atoms with Crippen molar-refractivity contribution in [3.63, 3.8) is 0 Å². The third kappa shape index (κ3) is 3.69. The van der Waals surface area contributed by atoms with Crippen molar-refractivity contribution in [1.29, 1.82) is 0 Å². The van der Waals surface area contributed by atoms with Crippen molar-refractivity contribution in [2.24, 2.45) is 5.92 Å². The molecule has 1 aromatic rings. The molecule has 1 aliphatic heterocycles. The molecule has 1 saturated heterocycles. The molecule has 1 unspecified atom stereocenters. The van der Waals surface area contributed by atoms with E-state index in [2.05, 4.69) is 15.6 Å². The lowest BCUT2D eigenvalue weighted by Gasteiger charge is -2.35. The van der Waals surface area contributed by atoms with E-state index in [-0.39, 0.29) is 29.8 Å². The first-order valence-corrected chi connectivity index (χ1v) is 7.36. The van der Waals surface area contributed by atoms with Gasteiger partial charge in [-0.05, 0) is 12.3 Å². The molecule has 0 saturated carbocycles. The molecule has 1 atom stereocenters. The van der Waals surface area contributed by atoms with Gasteiger partial charge >= 0.3 is 0 Å². The Hall–Kier alpha value is -2.25. The largest absolute Gasteiger partial charge is 0.353 e. The van der Waals surface area contributed by atoms with Gasteiger partial charge in [-0.2, -0.15) is 0 Å². The van der Waals surface area contributed by atoms with Gasteiger partial charge in [-0.15, -0.1) is 5.10 Å². The summed E-state index contributed by atoms with van der Waals surface area (Å²) in [5.41, 5.74) is 0.225. The second kappa shape index (κ2) is 6.67. The average molecular weight is 307 g/mol. The zero-order valence-electron chi connectivity index (χ0n) is 13.1. The Balaban J connectivity index is 2.08. The highest BCUT2D eigenvalue weighted by atomic mass is 16.2. The summed E-state index contributed by atoms with van der Waals surface area (Å²) in [5, 5.41) is 10.3. The molecule has 0 bridgehead atoms. The van der Waals surface area contributed by atoms with Gasteiger partial charge < -0.3 is 10.2 Å². The van der Waals surface area contributed by atoms with Crippen molar-refractivity contribution in [2.45, 2.75) is 39.8 Å². The van der Waals surface area contributed by atoms with E-state index in [0.717, 1.165) is 0 Å². The number of amides is 2. The van der Waals surface area contributed by atoms with Gasteiger partial charge in [-0.1, -0.05) is 19.1 Å². The number of ketones is 1. The summed E-state index contributed by atoms with van der Waals surface area (Å²) in [6.07, 6.45) is 2.06. The van der Waals surface area contributed by atoms with Crippen LogP contribution in [0, 0.1) is 5.92 Å². The van der Waals surface area contributed by atoms with Crippen molar-refractivity contribution in [2.75, 3.05) is 13.1 Å². The van der Waals surface area contributed by atoms with Gasteiger partial charge in [0.15, 0.2) is 5.78 Å². The first-order valence-electron chi connectivity index (χ1n) is 7.36. The van der Waals surface area contributed by atoms with Crippen LogP contribution in [-0.4, -0.2) is 56.6 Å². The van der Waals surface area contributed by atoms with Crippen LogP contribution in [0.15, 0.2) is 6.20 Å². The summed E-state index contributed by atoms with van der Waals surface area (Å²) in [7, 11) is 0. The maximum Gasteiger partial charge on any atom is 0.245 e. The number of carbonyl (C=O) groups is 3. The highest BCUT2D eigenvalue weighted by molar-refractivity contribution is 5.92. The van der Waals surface area contributed by atoms with Crippen LogP contribution in [0.5, 0.6) is 0 Å². The number of aromatic nitrogens is 3. The number of rotatable bonds is 5. The average Bonchev–Trinajstić information content (AvgIpc) is 2.89. The molecule has 1 N–H and O–H groups in total. The third-order valence-corrected chi connectivity index (χ3v) is 3.54. The first-order chi connectivity index (χ1) is 10.4. The summed E-state index contributed by atoms with van der Waals surface area (Å²) < 4.78 is 1.33. The molecule has 2 amide bonds. The van der Waals surface area contributed by atoms with E-state index in [4.69, 9.17) is 0 Å². The number of hydrogen-bond donors (Lipinski definition) is 1. The molecule has 8 nitrogen and oxygen atoms in total. The molecule has 22 heavy (non-hydrogen) atoms. The summed E-state index contributed by atoms with van der Waals surface area (Å²) in [4.78, 5) is 37.3. The lowest BCUT2D eigenvalue weighted by atomic mass is 10.00. The van der Waals surface area contributed by atoms with Crippen LogP contribution in [0.4, 0.5) is 0 Å². The fraction of sp³-hybridized carbons (Fsp3) is 0.643. The molecule has 2 heterocycles. The number of hydrogen-bond acceptors (Lipinski definition) is 5. The smallest absolute Gasteiger partial charge is 0.245 e. The number of carbonyl (C=O) groups excluding carboxylic acids is 3. The van der Waals surface area contributed by atoms with E-state index in [1.165, 1.54) is 17.8 Å². The summed E-state index contributed by atoms with van der Waals surface area (Å²) in [6, 6.07) is -0.447. The SMILES string of the molecule is CC(=O)c1cn(CC(=O)N2CCNC(=O)C2CC(C)C)nn1. The predicted molar refractivity (Wildman–Crippen MR) is 78.0 cm³/mol. The molecular weight excluding hydrogens is 286 g/mol. The minimum absolute atomic E-state index is 0.0256. The zero-order chi connectivity index (χ0) is 16.3. The number of nitrogens with zero attached hydrogens (tertiary/aromatic N) is 4. The Labute approximate surface area is 128 Å². The molecule has 1 aliphatic rings. The predicted octanol–water partition coefficient (Wildman–Crippen LogP) is -0.146. The molecule has 2 rings (SSSR count). The topological polar surface area (TPSA) is 97.2 Å². The Bertz CT molecular complexity index is 581. The number of piperazine rings is 1. The minimum atomic E-state index is -0.447. The normalized spacial score (nSPS) is 18.5. The van der Waals surface area contributed by atoms with Gasteiger partial charge in [0.1, 0.15) is 18.3 Å². The van der Waals surface area contributed by atoms with E-state index in [1.807, 2.05) is 13.8 Å². The standard InChI is InChI=1S/C14H21N5O3/c1-9(2)6-12-14(22)15-4-5-19(12)13(21)8-18-7-11(10(3)20)16-17-18/h7,9,12H,4-6,8H2,1-3H3,(H,15,22). The van der Waals surface area contributed by atoms with Crippen molar-refractivity contribution in [3.8, 4) is 0 Å². The Morgan fingerprint density at radius 3 is 2.77 bits per heavy atom. The van der Waals surface area contributed by atoms with Gasteiger partial charge in [0.25, 0.3) is 0 Å².